The first-order valence-corrected chi connectivity index (χ1v) is 6.00. The van der Waals surface area contributed by atoms with E-state index < -0.39 is 0 Å². The van der Waals surface area contributed by atoms with Gasteiger partial charge in [0.05, 0.1) is 10.7 Å². The fourth-order valence-electron chi connectivity index (χ4n) is 1.72. The van der Waals surface area contributed by atoms with E-state index in [-0.39, 0.29) is 5.78 Å². The van der Waals surface area contributed by atoms with E-state index in [9.17, 15) is 4.79 Å². The van der Waals surface area contributed by atoms with Gasteiger partial charge in [0.2, 0.25) is 0 Å². The number of anilines is 1. The highest BCUT2D eigenvalue weighted by molar-refractivity contribution is 6.33. The van der Waals surface area contributed by atoms with Crippen molar-refractivity contribution in [3.63, 3.8) is 0 Å². The molecule has 0 saturated carbocycles. The third kappa shape index (κ3) is 2.71. The van der Waals surface area contributed by atoms with Crippen LogP contribution in [0, 0.1) is 0 Å². The van der Waals surface area contributed by atoms with Crippen LogP contribution in [0.15, 0.2) is 30.6 Å². The summed E-state index contributed by atoms with van der Waals surface area (Å²) in [5.74, 6) is 0.937. The largest absolute Gasteiger partial charge is 0.398 e. The van der Waals surface area contributed by atoms with Crippen LogP contribution in [-0.4, -0.2) is 15.3 Å². The van der Waals surface area contributed by atoms with Crippen molar-refractivity contribution in [2.75, 3.05) is 5.73 Å². The van der Waals surface area contributed by atoms with Crippen LogP contribution in [0.5, 0.6) is 0 Å². The Labute approximate surface area is 110 Å². The minimum atomic E-state index is 0.0429. The topological polar surface area (TPSA) is 60.9 Å². The van der Waals surface area contributed by atoms with Crippen molar-refractivity contribution in [3.8, 4) is 0 Å². The van der Waals surface area contributed by atoms with Gasteiger partial charge in [0.25, 0.3) is 0 Å². The molecule has 1 aromatic heterocycles. The van der Waals surface area contributed by atoms with E-state index >= 15 is 0 Å². The summed E-state index contributed by atoms with van der Waals surface area (Å²) in [7, 11) is 1.91. The summed E-state index contributed by atoms with van der Waals surface area (Å²) in [6, 6.07) is 4.95. The van der Waals surface area contributed by atoms with Gasteiger partial charge in [-0.2, -0.15) is 0 Å². The summed E-state index contributed by atoms with van der Waals surface area (Å²) >= 11 is 5.81. The van der Waals surface area contributed by atoms with Gasteiger partial charge in [0.15, 0.2) is 5.78 Å². The minimum Gasteiger partial charge on any atom is -0.398 e. The number of carbonyl (C=O) groups is 1. The van der Waals surface area contributed by atoms with Gasteiger partial charge in [-0.3, -0.25) is 4.79 Å². The Balaban J connectivity index is 2.04. The van der Waals surface area contributed by atoms with Crippen LogP contribution in [0.3, 0.4) is 0 Å². The maximum atomic E-state index is 12.0. The van der Waals surface area contributed by atoms with E-state index in [1.165, 1.54) is 0 Å². The highest BCUT2D eigenvalue weighted by Gasteiger charge is 2.09. The number of imidazole rings is 1. The lowest BCUT2D eigenvalue weighted by Gasteiger charge is -2.04. The molecule has 1 aromatic carbocycles. The molecule has 0 unspecified atom stereocenters. The van der Waals surface area contributed by atoms with Crippen LogP contribution in [0.4, 0.5) is 5.69 Å². The number of aryl methyl sites for hydroxylation is 2. The standard InChI is InChI=1S/C13H14ClN3O/c1-17-7-6-16-13(17)5-4-12(18)9-2-3-10(14)11(15)8-9/h2-3,6-8H,4-5,15H2,1H3. The Morgan fingerprint density at radius 1 is 1.50 bits per heavy atom. The van der Waals surface area contributed by atoms with Crippen LogP contribution in [-0.2, 0) is 13.5 Å². The second-order valence-electron chi connectivity index (χ2n) is 4.11. The lowest BCUT2D eigenvalue weighted by Crippen LogP contribution is -2.05. The summed E-state index contributed by atoms with van der Waals surface area (Å²) < 4.78 is 1.91. The number of aromatic nitrogens is 2. The zero-order valence-corrected chi connectivity index (χ0v) is 10.8. The van der Waals surface area contributed by atoms with E-state index in [4.69, 9.17) is 17.3 Å². The summed E-state index contributed by atoms with van der Waals surface area (Å²) in [6.07, 6.45) is 4.61. The van der Waals surface area contributed by atoms with Crippen LogP contribution in [0.1, 0.15) is 22.6 Å². The Kier molecular flexibility index (Phi) is 3.67. The molecule has 5 heteroatoms. The predicted octanol–water partition coefficient (Wildman–Crippen LogP) is 2.47. The van der Waals surface area contributed by atoms with E-state index in [2.05, 4.69) is 4.98 Å². The van der Waals surface area contributed by atoms with Gasteiger partial charge >= 0.3 is 0 Å². The fourth-order valence-corrected chi connectivity index (χ4v) is 1.84. The molecule has 0 aliphatic heterocycles. The van der Waals surface area contributed by atoms with Gasteiger partial charge in [-0.05, 0) is 18.2 Å². The van der Waals surface area contributed by atoms with Crippen molar-refractivity contribution in [1.82, 2.24) is 9.55 Å². The van der Waals surface area contributed by atoms with Gasteiger partial charge in [0, 0.05) is 37.8 Å². The van der Waals surface area contributed by atoms with Gasteiger partial charge < -0.3 is 10.3 Å². The molecule has 94 valence electrons. The number of hydrogen-bond acceptors (Lipinski definition) is 3. The number of Topliss-reactive ketones (excluding diaryl/α,β-unsaturated/α-hetero) is 1. The number of carbonyl (C=O) groups excluding carboxylic acids is 1. The molecule has 0 atom stereocenters. The van der Waals surface area contributed by atoms with Gasteiger partial charge in [0.1, 0.15) is 5.82 Å². The monoisotopic (exact) mass is 263 g/mol. The van der Waals surface area contributed by atoms with E-state index in [0.717, 1.165) is 5.82 Å². The fraction of sp³-hybridized carbons (Fsp3) is 0.231. The van der Waals surface area contributed by atoms with Crippen molar-refractivity contribution in [3.05, 3.63) is 47.0 Å². The van der Waals surface area contributed by atoms with Gasteiger partial charge in [-0.25, -0.2) is 4.98 Å². The van der Waals surface area contributed by atoms with Crippen molar-refractivity contribution in [2.45, 2.75) is 12.8 Å². The van der Waals surface area contributed by atoms with E-state index in [0.29, 0.717) is 29.1 Å². The molecule has 1 heterocycles. The van der Waals surface area contributed by atoms with E-state index in [1.54, 1.807) is 24.4 Å². The molecule has 0 bridgehead atoms. The molecule has 0 fully saturated rings. The molecule has 0 spiro atoms. The summed E-state index contributed by atoms with van der Waals surface area (Å²) in [4.78, 5) is 16.2. The molecule has 0 aliphatic carbocycles. The third-order valence-electron chi connectivity index (χ3n) is 2.81. The molecular weight excluding hydrogens is 250 g/mol. The average molecular weight is 264 g/mol. The molecule has 2 N–H and O–H groups in total. The number of rotatable bonds is 4. The lowest BCUT2D eigenvalue weighted by atomic mass is 10.1. The molecule has 0 aliphatic rings. The van der Waals surface area contributed by atoms with Crippen LogP contribution < -0.4 is 5.73 Å². The smallest absolute Gasteiger partial charge is 0.163 e. The number of nitrogens with zero attached hydrogens (tertiary/aromatic N) is 2. The lowest BCUT2D eigenvalue weighted by molar-refractivity contribution is 0.0982. The quantitative estimate of drug-likeness (QED) is 0.681. The number of ketones is 1. The van der Waals surface area contributed by atoms with Gasteiger partial charge in [-0.15, -0.1) is 0 Å². The number of benzene rings is 1. The molecule has 18 heavy (non-hydrogen) atoms. The molecule has 4 nitrogen and oxygen atoms in total. The van der Waals surface area contributed by atoms with Crippen molar-refractivity contribution in [1.29, 1.82) is 0 Å². The Hall–Kier alpha value is -1.81. The maximum absolute atomic E-state index is 12.0. The van der Waals surface area contributed by atoms with Crippen LogP contribution in [0.25, 0.3) is 0 Å². The summed E-state index contributed by atoms with van der Waals surface area (Å²) in [6.45, 7) is 0. The molecule has 0 saturated heterocycles. The zero-order chi connectivity index (χ0) is 13.1. The Morgan fingerprint density at radius 3 is 2.89 bits per heavy atom. The van der Waals surface area contributed by atoms with E-state index in [1.807, 2.05) is 17.8 Å². The SMILES string of the molecule is Cn1ccnc1CCC(=O)c1ccc(Cl)c(N)c1. The van der Waals surface area contributed by atoms with Gasteiger partial charge in [-0.1, -0.05) is 11.6 Å². The average Bonchev–Trinajstić information content (AvgIpc) is 2.75. The van der Waals surface area contributed by atoms with Crippen LogP contribution >= 0.6 is 11.6 Å². The number of nitrogen functional groups attached to an aromatic ring is 1. The second kappa shape index (κ2) is 5.23. The Bertz CT molecular complexity index is 577. The summed E-state index contributed by atoms with van der Waals surface area (Å²) in [5.41, 5.74) is 6.69. The molecule has 2 aromatic rings. The highest BCUT2D eigenvalue weighted by Crippen LogP contribution is 2.20. The van der Waals surface area contributed by atoms with Crippen LogP contribution in [0.2, 0.25) is 5.02 Å². The normalized spacial score (nSPS) is 10.6. The zero-order valence-electron chi connectivity index (χ0n) is 10.1. The molecule has 0 radical (unpaired) electrons. The highest BCUT2D eigenvalue weighted by atomic mass is 35.5. The molecule has 0 amide bonds. The maximum Gasteiger partial charge on any atom is 0.163 e. The summed E-state index contributed by atoms with van der Waals surface area (Å²) in [5, 5.41) is 0.468. The first-order chi connectivity index (χ1) is 8.58. The second-order valence-corrected chi connectivity index (χ2v) is 4.52. The van der Waals surface area contributed by atoms with Crippen molar-refractivity contribution in [2.24, 2.45) is 7.05 Å². The van der Waals surface area contributed by atoms with Crippen molar-refractivity contribution < 1.29 is 4.79 Å². The minimum absolute atomic E-state index is 0.0429. The number of hydrogen-bond donors (Lipinski definition) is 1. The molecular formula is C13H14ClN3O. The molecule has 2 rings (SSSR count). The first-order valence-electron chi connectivity index (χ1n) is 5.62. The third-order valence-corrected chi connectivity index (χ3v) is 3.16. The first kappa shape index (κ1) is 12.6. The number of nitrogens with two attached hydrogens (primary N) is 1. The number of halogens is 1. The predicted molar refractivity (Wildman–Crippen MR) is 71.7 cm³/mol. The Morgan fingerprint density at radius 2 is 2.28 bits per heavy atom. The van der Waals surface area contributed by atoms with Crippen molar-refractivity contribution >= 4 is 23.1 Å².